The topological polar surface area (TPSA) is 61.5 Å². The summed E-state index contributed by atoms with van der Waals surface area (Å²) in [5.41, 5.74) is 5.44. The lowest BCUT2D eigenvalue weighted by molar-refractivity contribution is -0.143. The molecule has 2 N–H and O–H groups in total. The summed E-state index contributed by atoms with van der Waals surface area (Å²) in [5.74, 6) is 0.0695. The number of carbonyl (C=O) groups is 1. The third-order valence-corrected chi connectivity index (χ3v) is 1.96. The van der Waals surface area contributed by atoms with Crippen molar-refractivity contribution in [1.29, 1.82) is 0 Å². The van der Waals surface area contributed by atoms with Gasteiger partial charge in [0.05, 0.1) is 6.04 Å². The third-order valence-electron chi connectivity index (χ3n) is 1.96. The largest absolute Gasteiger partial charge is 0.356 e. The fourth-order valence-electron chi connectivity index (χ4n) is 1.16. The Morgan fingerprint density at radius 2 is 1.77 bits per heavy atom. The summed E-state index contributed by atoms with van der Waals surface area (Å²) in [7, 11) is 3.11. The smallest absolute Gasteiger partial charge is 0.159 e. The Labute approximate surface area is 79.4 Å². The highest BCUT2D eigenvalue weighted by molar-refractivity contribution is 5.83. The fourth-order valence-corrected chi connectivity index (χ4v) is 1.16. The highest BCUT2D eigenvalue weighted by Gasteiger charge is 2.20. The van der Waals surface area contributed by atoms with Gasteiger partial charge in [-0.3, -0.25) is 4.79 Å². The Morgan fingerprint density at radius 3 is 2.08 bits per heavy atom. The first-order chi connectivity index (χ1) is 6.02. The Bertz CT molecular complexity index is 155. The zero-order chi connectivity index (χ0) is 10.4. The van der Waals surface area contributed by atoms with Gasteiger partial charge in [0.1, 0.15) is 5.78 Å². The van der Waals surface area contributed by atoms with Crippen LogP contribution in [0.2, 0.25) is 0 Å². The van der Waals surface area contributed by atoms with Crippen molar-refractivity contribution in [2.24, 2.45) is 11.7 Å². The summed E-state index contributed by atoms with van der Waals surface area (Å²) in [6, 6.07) is -0.406. The molecule has 4 nitrogen and oxygen atoms in total. The zero-order valence-electron chi connectivity index (χ0n) is 8.74. The van der Waals surface area contributed by atoms with Crippen molar-refractivity contribution in [3.05, 3.63) is 0 Å². The van der Waals surface area contributed by atoms with E-state index in [9.17, 15) is 4.79 Å². The molecule has 0 spiro atoms. The predicted octanol–water partition coefficient (Wildman–Crippen LogP) is 0.548. The minimum absolute atomic E-state index is 0.0339. The molecule has 0 saturated heterocycles. The first-order valence-electron chi connectivity index (χ1n) is 4.36. The molecule has 13 heavy (non-hydrogen) atoms. The van der Waals surface area contributed by atoms with Crippen LogP contribution in [0.15, 0.2) is 0 Å². The maximum absolute atomic E-state index is 11.3. The molecule has 1 unspecified atom stereocenters. The molecule has 0 aromatic heterocycles. The first kappa shape index (κ1) is 12.6. The lowest BCUT2D eigenvalue weighted by Crippen LogP contribution is -2.32. The van der Waals surface area contributed by atoms with E-state index < -0.39 is 6.04 Å². The van der Waals surface area contributed by atoms with Gasteiger partial charge < -0.3 is 15.2 Å². The van der Waals surface area contributed by atoms with Crippen molar-refractivity contribution in [3.63, 3.8) is 0 Å². The highest BCUT2D eigenvalue weighted by Crippen LogP contribution is 2.12. The van der Waals surface area contributed by atoms with E-state index in [1.54, 1.807) is 21.1 Å². The van der Waals surface area contributed by atoms with E-state index >= 15 is 0 Å². The van der Waals surface area contributed by atoms with Crippen molar-refractivity contribution in [1.82, 2.24) is 0 Å². The second kappa shape index (κ2) is 6.07. The van der Waals surface area contributed by atoms with E-state index in [2.05, 4.69) is 0 Å². The Kier molecular flexibility index (Phi) is 5.86. The molecule has 0 aromatic rings. The van der Waals surface area contributed by atoms with Crippen LogP contribution in [0, 0.1) is 5.92 Å². The van der Waals surface area contributed by atoms with Crippen LogP contribution in [0.4, 0.5) is 0 Å². The number of hydrogen-bond donors (Lipinski definition) is 1. The number of nitrogens with two attached hydrogens (primary N) is 1. The number of rotatable bonds is 6. The highest BCUT2D eigenvalue weighted by atomic mass is 16.7. The lowest BCUT2D eigenvalue weighted by Gasteiger charge is -2.20. The van der Waals surface area contributed by atoms with E-state index in [1.807, 2.05) is 6.92 Å². The maximum atomic E-state index is 11.3. The molecular formula is C9H19NO3. The van der Waals surface area contributed by atoms with Crippen LogP contribution in [0.5, 0.6) is 0 Å². The number of carbonyl (C=O) groups excluding carboxylic acids is 1. The van der Waals surface area contributed by atoms with Gasteiger partial charge in [0, 0.05) is 26.6 Å². The van der Waals surface area contributed by atoms with Gasteiger partial charge in [0.15, 0.2) is 6.29 Å². The monoisotopic (exact) mass is 189 g/mol. The number of Topliss-reactive ketones (excluding diaryl/α,β-unsaturated/α-hetero) is 1. The van der Waals surface area contributed by atoms with Crippen molar-refractivity contribution in [2.75, 3.05) is 14.2 Å². The number of ketones is 1. The summed E-state index contributed by atoms with van der Waals surface area (Å²) >= 11 is 0. The molecule has 0 aromatic carbocycles. The van der Waals surface area contributed by atoms with Gasteiger partial charge in [-0.2, -0.15) is 0 Å². The molecule has 0 aliphatic carbocycles. The molecule has 0 fully saturated rings. The van der Waals surface area contributed by atoms with Gasteiger partial charge in [-0.05, 0) is 6.92 Å². The first-order valence-corrected chi connectivity index (χ1v) is 4.36. The third kappa shape index (κ3) is 4.36. The molecule has 0 heterocycles. The van der Waals surface area contributed by atoms with Crippen LogP contribution < -0.4 is 5.73 Å². The average molecular weight is 189 g/mol. The summed E-state index contributed by atoms with van der Waals surface area (Å²) in [6.07, 6.45) is 0.0620. The van der Waals surface area contributed by atoms with E-state index in [0.717, 1.165) is 0 Å². The molecule has 0 rings (SSSR count). The van der Waals surface area contributed by atoms with Crippen LogP contribution >= 0.6 is 0 Å². The van der Waals surface area contributed by atoms with Crippen molar-refractivity contribution in [2.45, 2.75) is 32.6 Å². The minimum atomic E-state index is -0.406. The average Bonchev–Trinajstić information content (AvgIpc) is 2.06. The number of methoxy groups -OCH3 is 2. The molecule has 0 saturated carbocycles. The number of hydrogen-bond acceptors (Lipinski definition) is 4. The number of ether oxygens (including phenoxy) is 2. The van der Waals surface area contributed by atoms with Gasteiger partial charge in [0.25, 0.3) is 0 Å². The van der Waals surface area contributed by atoms with Crippen LogP contribution in [0.3, 0.4) is 0 Å². The van der Waals surface area contributed by atoms with E-state index in [0.29, 0.717) is 6.42 Å². The fraction of sp³-hybridized carbons (Fsp3) is 0.889. The van der Waals surface area contributed by atoms with Crippen LogP contribution in [0.1, 0.15) is 20.3 Å². The lowest BCUT2D eigenvalue weighted by atomic mass is 10.0. The van der Waals surface area contributed by atoms with Gasteiger partial charge in [-0.1, -0.05) is 6.92 Å². The molecular weight excluding hydrogens is 170 g/mol. The van der Waals surface area contributed by atoms with Crippen LogP contribution in [-0.2, 0) is 14.3 Å². The molecule has 0 amide bonds. The summed E-state index contributed by atoms with van der Waals surface area (Å²) in [5, 5.41) is 0. The predicted molar refractivity (Wildman–Crippen MR) is 50.2 cm³/mol. The zero-order valence-corrected chi connectivity index (χ0v) is 8.74. The SMILES string of the molecule is COC(OC)C(C)CC(=O)[C@H](C)N. The molecule has 78 valence electrons. The Balaban J connectivity index is 3.97. The summed E-state index contributed by atoms with van der Waals surface area (Å²) in [4.78, 5) is 11.3. The van der Waals surface area contributed by atoms with Crippen LogP contribution in [0.25, 0.3) is 0 Å². The standard InChI is InChI=1S/C9H19NO3/c1-6(9(12-3)13-4)5-8(11)7(2)10/h6-7,9H,5,10H2,1-4H3/t6?,7-/m0/s1. The van der Waals surface area contributed by atoms with Crippen molar-refractivity contribution >= 4 is 5.78 Å². The molecule has 0 bridgehead atoms. The minimum Gasteiger partial charge on any atom is -0.356 e. The molecule has 0 aliphatic rings. The molecule has 4 heteroatoms. The Morgan fingerprint density at radius 1 is 1.31 bits per heavy atom. The quantitative estimate of drug-likeness (QED) is 0.620. The van der Waals surface area contributed by atoms with Crippen LogP contribution in [-0.4, -0.2) is 32.3 Å². The molecule has 0 aliphatic heterocycles. The second-order valence-electron chi connectivity index (χ2n) is 3.28. The normalized spacial score (nSPS) is 15.8. The summed E-state index contributed by atoms with van der Waals surface area (Å²) < 4.78 is 10.1. The van der Waals surface area contributed by atoms with Crippen molar-refractivity contribution in [3.8, 4) is 0 Å². The van der Waals surface area contributed by atoms with E-state index in [-0.39, 0.29) is 18.0 Å². The molecule has 0 radical (unpaired) electrons. The van der Waals surface area contributed by atoms with Gasteiger partial charge in [0.2, 0.25) is 0 Å². The maximum Gasteiger partial charge on any atom is 0.159 e. The van der Waals surface area contributed by atoms with E-state index in [1.165, 1.54) is 0 Å². The van der Waals surface area contributed by atoms with Gasteiger partial charge in [-0.25, -0.2) is 0 Å². The summed E-state index contributed by atoms with van der Waals surface area (Å²) in [6.45, 7) is 3.58. The second-order valence-corrected chi connectivity index (χ2v) is 3.28. The van der Waals surface area contributed by atoms with Gasteiger partial charge in [-0.15, -0.1) is 0 Å². The Hall–Kier alpha value is -0.450. The molecule has 2 atom stereocenters. The van der Waals surface area contributed by atoms with Gasteiger partial charge >= 0.3 is 0 Å². The van der Waals surface area contributed by atoms with E-state index in [4.69, 9.17) is 15.2 Å². The van der Waals surface area contributed by atoms with Crippen molar-refractivity contribution < 1.29 is 14.3 Å².